The number of benzene rings is 9. The normalized spacial score (nSPS) is 22.0. The first kappa shape index (κ1) is 74.6. The fourth-order valence-electron chi connectivity index (χ4n) is 18.0. The molecule has 0 N–H and O–H groups in total. The summed E-state index contributed by atoms with van der Waals surface area (Å²) in [6, 6.07) is 106. The Bertz CT molecular complexity index is 8650. The molecular weight excluding hydrogens is 2280 g/mol. The molecule has 0 amide bonds. The Morgan fingerprint density at radius 2 is 0.606 bits per heavy atom. The fraction of sp³-hybridized carbons (Fsp3) is 0.220. The van der Waals surface area contributed by atoms with Crippen LogP contribution in [-0.2, 0) is 60.3 Å². The predicted molar refractivity (Wildman–Crippen MR) is 565 cm³/mol. The van der Waals surface area contributed by atoms with Gasteiger partial charge in [-0.25, -0.2) is 15.0 Å². The molecule has 0 aliphatic heterocycles. The van der Waals surface area contributed by atoms with Gasteiger partial charge in [-0.15, -0.1) is 161 Å². The summed E-state index contributed by atoms with van der Waals surface area (Å²) in [5.41, 5.74) is 21.9. The van der Waals surface area contributed by atoms with Gasteiger partial charge in [0.25, 0.3) is 0 Å². The molecule has 0 saturated heterocycles. The molecule has 0 unspecified atom stereocenters. The summed E-state index contributed by atoms with van der Waals surface area (Å²) in [5, 5.41) is 5.46. The van der Waals surface area contributed by atoms with Gasteiger partial charge in [0.2, 0.25) is 17.1 Å². The van der Waals surface area contributed by atoms with E-state index in [1.165, 1.54) is 55.0 Å². The first-order valence-electron chi connectivity index (χ1n) is 58.5. The molecule has 21 aromatic rings. The van der Waals surface area contributed by atoms with Gasteiger partial charge in [-0.05, 0) is 290 Å². The number of fused-ring (bicyclic) bond motifs is 9. The largest absolute Gasteiger partial charge is 0.486 e. The Morgan fingerprint density at radius 1 is 0.261 bits per heavy atom. The van der Waals surface area contributed by atoms with E-state index in [4.69, 9.17) is 42.0 Å². The van der Waals surface area contributed by atoms with Crippen molar-refractivity contribution in [1.29, 1.82) is 0 Å². The number of hydrogen-bond acceptors (Lipinski definition) is 12. The van der Waals surface area contributed by atoms with Crippen LogP contribution in [0.25, 0.3) is 134 Å². The van der Waals surface area contributed by atoms with Gasteiger partial charge < -0.3 is 43.2 Å². The van der Waals surface area contributed by atoms with E-state index in [-0.39, 0.29) is 94.0 Å². The first-order valence-corrected chi connectivity index (χ1v) is 46.5. The molecule has 12 aromatic heterocycles. The Labute approximate surface area is 908 Å². The molecule has 3 aliphatic rings. The fourth-order valence-corrected chi connectivity index (χ4v) is 18.0. The Balaban J connectivity index is 0.000000142. The number of furan rings is 3. The van der Waals surface area contributed by atoms with Crippen LogP contribution in [0.2, 0.25) is 0 Å². The third-order valence-corrected chi connectivity index (χ3v) is 25.5. The second kappa shape index (κ2) is 47.5. The average Bonchev–Trinajstić information content (AvgIpc) is 1.57. The number of hydrogen-bond donors (Lipinski definition) is 0. The summed E-state index contributed by atoms with van der Waals surface area (Å²) in [6.45, 7) is -5.72. The monoisotopic (exact) mass is 2410 g/mol. The van der Waals surface area contributed by atoms with Crippen LogP contribution in [0.15, 0.2) is 336 Å². The van der Waals surface area contributed by atoms with Crippen molar-refractivity contribution in [2.75, 3.05) is 0 Å². The van der Waals surface area contributed by atoms with Gasteiger partial charge in [0.05, 0.1) is 16.7 Å². The topological polar surface area (TPSA) is 155 Å². The third-order valence-electron chi connectivity index (χ3n) is 25.5. The zero-order valence-electron chi connectivity index (χ0n) is 102. The zero-order chi connectivity index (χ0) is 116. The van der Waals surface area contributed by atoms with Crippen molar-refractivity contribution in [3.63, 3.8) is 0 Å². The molecular formula is C127H113Ir3N9O3-6. The van der Waals surface area contributed by atoms with Crippen molar-refractivity contribution in [2.24, 2.45) is 0 Å². The van der Waals surface area contributed by atoms with E-state index in [2.05, 4.69) is 81.3 Å². The molecule has 24 rings (SSSR count). The maximum absolute atomic E-state index is 9.28. The summed E-state index contributed by atoms with van der Waals surface area (Å²) in [5.74, 6) is -4.21. The molecule has 9 aromatic carbocycles. The molecule has 3 aliphatic carbocycles. The quantitative estimate of drug-likeness (QED) is 0.107. The minimum Gasteiger partial charge on any atom is -0.486 e. The molecule has 15 heteroatoms. The number of aromatic nitrogens is 9. The summed E-state index contributed by atoms with van der Waals surface area (Å²) in [6.07, 6.45) is 16.9. The van der Waals surface area contributed by atoms with E-state index in [0.717, 1.165) is 128 Å². The van der Waals surface area contributed by atoms with E-state index >= 15 is 0 Å². The minimum absolute atomic E-state index is 0. The van der Waals surface area contributed by atoms with Crippen molar-refractivity contribution < 1.29 is 106 Å². The molecule has 12 nitrogen and oxygen atoms in total. The van der Waals surface area contributed by atoms with Crippen LogP contribution in [-0.4, -0.2) is 44.9 Å². The summed E-state index contributed by atoms with van der Waals surface area (Å²) >= 11 is 0. The van der Waals surface area contributed by atoms with Crippen LogP contribution in [0.1, 0.15) is 235 Å². The third kappa shape index (κ3) is 24.2. The molecule has 0 bridgehead atoms. The molecule has 3 saturated carbocycles. The Kier molecular flexibility index (Phi) is 25.0. The van der Waals surface area contributed by atoms with Crippen LogP contribution in [0.5, 0.6) is 0 Å². The zero-order valence-corrected chi connectivity index (χ0v) is 85.5. The van der Waals surface area contributed by atoms with Gasteiger partial charge in [-0.1, -0.05) is 208 Å². The van der Waals surface area contributed by atoms with Crippen molar-refractivity contribution in [3.8, 4) is 67.5 Å². The van der Waals surface area contributed by atoms with Crippen molar-refractivity contribution >= 4 is 66.2 Å². The molecule has 142 heavy (non-hydrogen) atoms. The summed E-state index contributed by atoms with van der Waals surface area (Å²) in [7, 11) is 0. The van der Waals surface area contributed by atoms with Gasteiger partial charge >= 0.3 is 0 Å². The van der Waals surface area contributed by atoms with Crippen LogP contribution >= 0.6 is 0 Å². The van der Waals surface area contributed by atoms with Crippen molar-refractivity contribution in [2.45, 2.75) is 181 Å². The summed E-state index contributed by atoms with van der Waals surface area (Å²) < 4.78 is 206. The molecule has 0 atom stereocenters. The SMILES string of the molecule is [2H]C([2H])([2H])c1c[c-]c(-c2cc(C)c(C([2H])([2H])[2H])cn2)cc1.[2H]C([2H])([2H])c1c[c-]c(-c2ccc(C([2H])([2H])[2H])cn2)cc1.[2H]C([2H])([2H])c1ccc2c(n1)oc1c(-c3cc(C4([2H])CCC([2H])(c5ccccc5)CC4)ccn3)[c-]ccc12.[2H]C([2H])([2H])c1cnc(-c2[c-]cccc2)cc1C.[2H]C1(c2ccccc2)CCC([2H])(c2ccnc(-c3[c-]ccc4c3oc3nc(C)ccc34)c2)CC1.[2H]C1(c2ccccc2)CCC([2H])(c2ccnc(-c3[c-]ccc4c3oc3nc(C)ccc34)c2)CC1.[Ir].[Ir].[Ir]. The van der Waals surface area contributed by atoms with Crippen LogP contribution in [0.4, 0.5) is 0 Å². The van der Waals surface area contributed by atoms with Gasteiger partial charge in [-0.3, -0.25) is 0 Å². The minimum atomic E-state index is -2.32. The van der Waals surface area contributed by atoms with Gasteiger partial charge in [-0.2, -0.15) is 0 Å². The maximum atomic E-state index is 9.28. The van der Waals surface area contributed by atoms with Crippen LogP contribution in [0, 0.1) is 105 Å². The molecule has 3 fully saturated rings. The van der Waals surface area contributed by atoms with Gasteiger partial charge in [0, 0.05) is 164 Å². The van der Waals surface area contributed by atoms with E-state index in [9.17, 15) is 4.11 Å². The standard InChI is InChI=1S/3C29H25N2O.C14H14N.2C13H12N.3Ir/c3*1-19-10-15-25-24-8-5-9-26(28(24)32-29(25)31-19)27-18-23(16-17-30-27)22-13-11-21(12-14-22)20-6-3-2-4-7-20;1-10-4-6-13(7-5-10)14-8-11(2)12(3)9-15-14;1-10-3-6-12(7-4-10)13-8-5-11(2)9-14-13;1-10-8-13(14-9-11(10)2)12-6-4-3-5-7-12;;;/h3*2-8,10,15-18,21-22H,11-14H2,1H3;4-6,8-9H,1-3H3;2*3-6,8-9H,1-2H3;;;/q6*-1;;;/i1D3,21D,22D;2*21D,22D;1D3,3D3;1D3,2D3;2D3;;;. The van der Waals surface area contributed by atoms with Crippen LogP contribution in [0.3, 0.4) is 0 Å². The Morgan fingerprint density at radius 3 is 0.937 bits per heavy atom. The number of pyridine rings is 9. The van der Waals surface area contributed by atoms with Crippen molar-refractivity contribution in [1.82, 2.24) is 44.9 Å². The maximum Gasteiger partial charge on any atom is 0.216 e. The second-order valence-electron chi connectivity index (χ2n) is 34.7. The van der Waals surface area contributed by atoms with E-state index < -0.39 is 76.5 Å². The van der Waals surface area contributed by atoms with Gasteiger partial charge in [0.1, 0.15) is 0 Å². The number of nitrogens with zero attached hydrogens (tertiary/aromatic N) is 9. The van der Waals surface area contributed by atoms with E-state index in [0.29, 0.717) is 139 Å². The average molecular weight is 2410 g/mol. The van der Waals surface area contributed by atoms with Crippen molar-refractivity contribution in [3.05, 3.63) is 448 Å². The second-order valence-corrected chi connectivity index (χ2v) is 34.7. The Hall–Kier alpha value is -13.3. The van der Waals surface area contributed by atoms with Gasteiger partial charge in [0.15, 0.2) is 0 Å². The van der Waals surface area contributed by atoms with E-state index in [1.54, 1.807) is 74.9 Å². The van der Waals surface area contributed by atoms with E-state index in [1.807, 2.05) is 220 Å². The molecule has 3 radical (unpaired) electrons. The summed E-state index contributed by atoms with van der Waals surface area (Å²) in [4.78, 5) is 39.5. The first-order chi connectivity index (χ1) is 77.3. The smallest absolute Gasteiger partial charge is 0.216 e. The molecule has 717 valence electrons. The molecule has 0 spiro atoms. The molecule has 12 heterocycles. The predicted octanol–water partition coefficient (Wildman–Crippen LogP) is 32.6. The number of rotatable bonds is 12. The number of aryl methyl sites for hydroxylation is 10. The van der Waals surface area contributed by atoms with Crippen LogP contribution < -0.4 is 0 Å².